The Morgan fingerprint density at radius 2 is 1.57 bits per heavy atom. The topological polar surface area (TPSA) is 59.4 Å². The van der Waals surface area contributed by atoms with Gasteiger partial charge in [-0.1, -0.05) is 18.2 Å². The van der Waals surface area contributed by atoms with Gasteiger partial charge in [0, 0.05) is 63.6 Å². The first-order chi connectivity index (χ1) is 20.2. The Hall–Kier alpha value is -3.70. The van der Waals surface area contributed by atoms with Crippen molar-refractivity contribution < 1.29 is 32.2 Å². The second-order valence-electron chi connectivity index (χ2n) is 11.0. The van der Waals surface area contributed by atoms with E-state index in [9.17, 15) is 18.0 Å². The molecule has 1 aromatic heterocycles. The van der Waals surface area contributed by atoms with Crippen LogP contribution in [-0.4, -0.2) is 79.5 Å². The number of ether oxygens (including phenoxy) is 3. The summed E-state index contributed by atoms with van der Waals surface area (Å²) < 4.78 is 58.8. The van der Waals surface area contributed by atoms with Gasteiger partial charge in [0.25, 0.3) is 5.91 Å². The number of amides is 1. The predicted molar refractivity (Wildman–Crippen MR) is 151 cm³/mol. The van der Waals surface area contributed by atoms with Crippen LogP contribution in [0.5, 0.6) is 11.5 Å². The van der Waals surface area contributed by atoms with Crippen molar-refractivity contribution in [1.82, 2.24) is 14.4 Å². The molecular formula is C31H35F3N4O4. The number of halogens is 3. The van der Waals surface area contributed by atoms with Crippen LogP contribution in [0.15, 0.2) is 42.5 Å². The summed E-state index contributed by atoms with van der Waals surface area (Å²) in [4.78, 5) is 20.5. The van der Waals surface area contributed by atoms with E-state index in [1.54, 1.807) is 6.07 Å². The second-order valence-corrected chi connectivity index (χ2v) is 11.0. The van der Waals surface area contributed by atoms with Gasteiger partial charge in [0.2, 0.25) is 6.79 Å². The van der Waals surface area contributed by atoms with E-state index in [-0.39, 0.29) is 19.2 Å². The molecule has 224 valence electrons. The zero-order valence-corrected chi connectivity index (χ0v) is 23.9. The van der Waals surface area contributed by atoms with E-state index in [2.05, 4.69) is 9.80 Å². The van der Waals surface area contributed by atoms with Gasteiger partial charge in [0.1, 0.15) is 5.69 Å². The number of hydrogen-bond acceptors (Lipinski definition) is 6. The summed E-state index contributed by atoms with van der Waals surface area (Å²) in [5.74, 6) is 1.42. The molecule has 0 atom stereocenters. The SMILES string of the molecule is Cc1c(N2CCOCC2)c(C)n(Cc2cccc(C(F)(F)F)c2)c1C(=O)N1CCN(Cc2ccc3c(c2)OCO3)CC1. The van der Waals surface area contributed by atoms with Crippen LogP contribution in [-0.2, 0) is 24.0 Å². The van der Waals surface area contributed by atoms with Crippen molar-refractivity contribution >= 4 is 11.6 Å². The van der Waals surface area contributed by atoms with E-state index in [1.165, 1.54) is 12.1 Å². The van der Waals surface area contributed by atoms with Crippen molar-refractivity contribution in [2.75, 3.05) is 64.2 Å². The molecule has 3 aliphatic heterocycles. The van der Waals surface area contributed by atoms with E-state index >= 15 is 0 Å². The molecule has 0 spiro atoms. The number of morpholine rings is 1. The Morgan fingerprint density at radius 1 is 0.857 bits per heavy atom. The fourth-order valence-corrected chi connectivity index (χ4v) is 6.19. The summed E-state index contributed by atoms with van der Waals surface area (Å²) in [6.45, 7) is 10.2. The minimum Gasteiger partial charge on any atom is -0.454 e. The van der Waals surface area contributed by atoms with E-state index in [0.29, 0.717) is 63.7 Å². The largest absolute Gasteiger partial charge is 0.454 e. The molecule has 0 aliphatic carbocycles. The van der Waals surface area contributed by atoms with Crippen LogP contribution in [0, 0.1) is 13.8 Å². The molecule has 3 aliphatic rings. The number of hydrogen-bond donors (Lipinski definition) is 0. The van der Waals surface area contributed by atoms with Crippen LogP contribution in [0.4, 0.5) is 18.9 Å². The van der Waals surface area contributed by atoms with Crippen molar-refractivity contribution in [3.05, 3.63) is 76.1 Å². The molecule has 0 N–H and O–H groups in total. The van der Waals surface area contributed by atoms with Gasteiger partial charge >= 0.3 is 6.18 Å². The summed E-state index contributed by atoms with van der Waals surface area (Å²) in [6.07, 6.45) is -4.43. The molecule has 2 aromatic carbocycles. The molecule has 4 heterocycles. The standard InChI is InChI=1S/C31H35F3N4O4/c1-21-28(36-12-14-40-15-13-36)22(2)38(19-23-4-3-5-25(16-23)31(32,33)34)29(21)30(39)37-10-8-35(9-11-37)18-24-6-7-26-27(17-24)42-20-41-26/h3-7,16-17H,8-15,18-20H2,1-2H3. The quantitative estimate of drug-likeness (QED) is 0.419. The smallest absolute Gasteiger partial charge is 0.416 e. The molecule has 8 nitrogen and oxygen atoms in total. The van der Waals surface area contributed by atoms with Gasteiger partial charge in [0.15, 0.2) is 11.5 Å². The van der Waals surface area contributed by atoms with Crippen molar-refractivity contribution in [2.45, 2.75) is 33.1 Å². The molecular weight excluding hydrogens is 549 g/mol. The highest BCUT2D eigenvalue weighted by Crippen LogP contribution is 2.35. The maximum atomic E-state index is 14.1. The molecule has 2 saturated heterocycles. The zero-order valence-electron chi connectivity index (χ0n) is 23.9. The van der Waals surface area contributed by atoms with Crippen LogP contribution >= 0.6 is 0 Å². The number of fused-ring (bicyclic) bond motifs is 1. The number of carbonyl (C=O) groups excluding carboxylic acids is 1. The van der Waals surface area contributed by atoms with E-state index in [1.807, 2.05) is 41.5 Å². The molecule has 6 rings (SSSR count). The number of benzene rings is 2. The average Bonchev–Trinajstić information content (AvgIpc) is 3.54. The molecule has 0 unspecified atom stereocenters. The highest BCUT2D eigenvalue weighted by molar-refractivity contribution is 5.97. The molecule has 0 radical (unpaired) electrons. The Morgan fingerprint density at radius 3 is 2.31 bits per heavy atom. The van der Waals surface area contributed by atoms with Crippen LogP contribution in [0.2, 0.25) is 0 Å². The summed E-state index contributed by atoms with van der Waals surface area (Å²) in [5.41, 5.74) is 4.16. The summed E-state index contributed by atoms with van der Waals surface area (Å²) in [5, 5.41) is 0. The Labute approximate surface area is 243 Å². The van der Waals surface area contributed by atoms with Gasteiger partial charge in [-0.15, -0.1) is 0 Å². The van der Waals surface area contributed by atoms with Gasteiger partial charge < -0.3 is 28.6 Å². The minimum absolute atomic E-state index is 0.0928. The fourth-order valence-electron chi connectivity index (χ4n) is 6.19. The van der Waals surface area contributed by atoms with E-state index in [4.69, 9.17) is 14.2 Å². The van der Waals surface area contributed by atoms with Crippen LogP contribution in [0.25, 0.3) is 0 Å². The van der Waals surface area contributed by atoms with Gasteiger partial charge in [-0.3, -0.25) is 9.69 Å². The lowest BCUT2D eigenvalue weighted by Crippen LogP contribution is -2.48. The highest BCUT2D eigenvalue weighted by atomic mass is 19.4. The summed E-state index contributed by atoms with van der Waals surface area (Å²) >= 11 is 0. The number of aromatic nitrogens is 1. The predicted octanol–water partition coefficient (Wildman–Crippen LogP) is 4.70. The summed E-state index contributed by atoms with van der Waals surface area (Å²) in [7, 11) is 0. The molecule has 0 saturated carbocycles. The number of piperazine rings is 1. The molecule has 42 heavy (non-hydrogen) atoms. The number of alkyl halides is 3. The third-order valence-corrected chi connectivity index (χ3v) is 8.36. The van der Waals surface area contributed by atoms with Crippen molar-refractivity contribution in [2.24, 2.45) is 0 Å². The van der Waals surface area contributed by atoms with E-state index < -0.39 is 11.7 Å². The zero-order chi connectivity index (χ0) is 29.4. The Balaban J connectivity index is 1.23. The fraction of sp³-hybridized carbons (Fsp3) is 0.452. The molecule has 2 fully saturated rings. The first kappa shape index (κ1) is 28.4. The normalized spacial score (nSPS) is 17.6. The van der Waals surface area contributed by atoms with Crippen molar-refractivity contribution in [3.8, 4) is 11.5 Å². The molecule has 3 aromatic rings. The van der Waals surface area contributed by atoms with Gasteiger partial charge in [-0.05, 0) is 49.2 Å². The maximum Gasteiger partial charge on any atom is 0.416 e. The number of carbonyl (C=O) groups is 1. The van der Waals surface area contributed by atoms with Crippen molar-refractivity contribution in [3.63, 3.8) is 0 Å². The molecule has 11 heteroatoms. The lowest BCUT2D eigenvalue weighted by molar-refractivity contribution is -0.137. The number of rotatable bonds is 6. The first-order valence-electron chi connectivity index (χ1n) is 14.3. The third kappa shape index (κ3) is 5.67. The van der Waals surface area contributed by atoms with Gasteiger partial charge in [-0.2, -0.15) is 13.2 Å². The third-order valence-electron chi connectivity index (χ3n) is 8.36. The average molecular weight is 585 g/mol. The molecule has 1 amide bonds. The van der Waals surface area contributed by atoms with Crippen LogP contribution < -0.4 is 14.4 Å². The van der Waals surface area contributed by atoms with E-state index in [0.717, 1.165) is 46.6 Å². The number of nitrogens with zero attached hydrogens (tertiary/aromatic N) is 4. The van der Waals surface area contributed by atoms with Gasteiger partial charge in [0.05, 0.1) is 24.5 Å². The monoisotopic (exact) mass is 584 g/mol. The first-order valence-corrected chi connectivity index (χ1v) is 14.3. The maximum absolute atomic E-state index is 14.1. The number of anilines is 1. The lowest BCUT2D eigenvalue weighted by Gasteiger charge is -2.35. The minimum atomic E-state index is -4.43. The second kappa shape index (κ2) is 11.5. The Bertz CT molecular complexity index is 1460. The van der Waals surface area contributed by atoms with Crippen LogP contribution in [0.3, 0.4) is 0 Å². The highest BCUT2D eigenvalue weighted by Gasteiger charge is 2.33. The Kier molecular flexibility index (Phi) is 7.80. The summed E-state index contributed by atoms with van der Waals surface area (Å²) in [6, 6.07) is 11.3. The van der Waals surface area contributed by atoms with Crippen LogP contribution in [0.1, 0.15) is 38.4 Å². The lowest BCUT2D eigenvalue weighted by atomic mass is 10.1. The molecule has 0 bridgehead atoms. The van der Waals surface area contributed by atoms with Gasteiger partial charge in [-0.25, -0.2) is 0 Å². The van der Waals surface area contributed by atoms with Crippen molar-refractivity contribution in [1.29, 1.82) is 0 Å².